The average molecular weight is 249 g/mol. The van der Waals surface area contributed by atoms with Crippen LogP contribution in [0.4, 0.5) is 0 Å². The second kappa shape index (κ2) is 6.21. The number of nitrogens with zero attached hydrogens (tertiary/aromatic N) is 1. The highest BCUT2D eigenvalue weighted by molar-refractivity contribution is 5.35. The molecule has 0 radical (unpaired) electrons. The van der Waals surface area contributed by atoms with E-state index < -0.39 is 0 Å². The Morgan fingerprint density at radius 2 is 2.22 bits per heavy atom. The number of likely N-dealkylation sites (tertiary alicyclic amines) is 1. The first-order valence-electron chi connectivity index (χ1n) is 6.75. The zero-order valence-corrected chi connectivity index (χ0v) is 11.4. The first-order chi connectivity index (χ1) is 8.65. The Labute approximate surface area is 109 Å². The molecule has 1 N–H and O–H groups in total. The summed E-state index contributed by atoms with van der Waals surface area (Å²) in [4.78, 5) is 2.28. The highest BCUT2D eigenvalue weighted by Gasteiger charge is 2.17. The van der Waals surface area contributed by atoms with Crippen LogP contribution in [-0.2, 0) is 0 Å². The van der Waals surface area contributed by atoms with Crippen LogP contribution in [0.3, 0.4) is 0 Å². The van der Waals surface area contributed by atoms with Gasteiger partial charge in [-0.1, -0.05) is 12.1 Å². The number of aliphatic hydroxyl groups excluding tert-OH is 1. The van der Waals surface area contributed by atoms with Crippen molar-refractivity contribution in [1.29, 1.82) is 0 Å². The predicted octanol–water partition coefficient (Wildman–Crippen LogP) is 2.14. The molecule has 18 heavy (non-hydrogen) atoms. The Hall–Kier alpha value is -1.06. The molecule has 100 valence electrons. The summed E-state index contributed by atoms with van der Waals surface area (Å²) in [6, 6.07) is 6.28. The minimum absolute atomic E-state index is 0.153. The number of aliphatic hydroxyl groups is 1. The van der Waals surface area contributed by atoms with Crippen LogP contribution >= 0.6 is 0 Å². The van der Waals surface area contributed by atoms with Crippen molar-refractivity contribution in [3.63, 3.8) is 0 Å². The van der Waals surface area contributed by atoms with Gasteiger partial charge in [-0.2, -0.15) is 0 Å². The van der Waals surface area contributed by atoms with Crippen LogP contribution in [0.2, 0.25) is 0 Å². The van der Waals surface area contributed by atoms with Gasteiger partial charge >= 0.3 is 0 Å². The topological polar surface area (TPSA) is 32.7 Å². The molecule has 1 aromatic rings. The molecule has 1 aromatic carbocycles. The van der Waals surface area contributed by atoms with Crippen LogP contribution in [0.5, 0.6) is 5.75 Å². The third-order valence-corrected chi connectivity index (χ3v) is 3.49. The molecule has 1 aliphatic heterocycles. The smallest absolute Gasteiger partial charge is 0.122 e. The molecule has 1 heterocycles. The minimum atomic E-state index is -0.153. The fourth-order valence-corrected chi connectivity index (χ4v) is 2.38. The van der Waals surface area contributed by atoms with Crippen LogP contribution in [0.25, 0.3) is 0 Å². The molecule has 1 atom stereocenters. The summed E-state index contributed by atoms with van der Waals surface area (Å²) in [6.07, 6.45) is 1.87. The minimum Gasteiger partial charge on any atom is -0.492 e. The van der Waals surface area contributed by atoms with Gasteiger partial charge in [0.2, 0.25) is 0 Å². The molecule has 0 saturated carbocycles. The van der Waals surface area contributed by atoms with Gasteiger partial charge in [-0.05, 0) is 50.4 Å². The van der Waals surface area contributed by atoms with Gasteiger partial charge in [0.05, 0.1) is 6.10 Å². The lowest BCUT2D eigenvalue weighted by Crippen LogP contribution is -2.40. The molecule has 3 heteroatoms. The van der Waals surface area contributed by atoms with Gasteiger partial charge < -0.3 is 9.84 Å². The van der Waals surface area contributed by atoms with Crippen LogP contribution in [0.15, 0.2) is 18.2 Å². The molecule has 0 spiro atoms. The van der Waals surface area contributed by atoms with Crippen molar-refractivity contribution in [2.75, 3.05) is 26.2 Å². The molecule has 0 aliphatic carbocycles. The Bertz CT molecular complexity index is 392. The molecule has 0 unspecified atom stereocenters. The first kappa shape index (κ1) is 13.4. The van der Waals surface area contributed by atoms with Gasteiger partial charge in [0, 0.05) is 13.1 Å². The Morgan fingerprint density at radius 3 is 3.00 bits per heavy atom. The number of aryl methyl sites for hydroxylation is 2. The van der Waals surface area contributed by atoms with Crippen LogP contribution in [0.1, 0.15) is 24.0 Å². The summed E-state index contributed by atoms with van der Waals surface area (Å²) < 4.78 is 5.83. The Balaban J connectivity index is 1.79. The predicted molar refractivity (Wildman–Crippen MR) is 73.1 cm³/mol. The van der Waals surface area contributed by atoms with Gasteiger partial charge in [0.25, 0.3) is 0 Å². The second-order valence-electron chi connectivity index (χ2n) is 5.21. The number of hydrogen-bond acceptors (Lipinski definition) is 3. The van der Waals surface area contributed by atoms with E-state index in [0.717, 1.165) is 38.2 Å². The zero-order chi connectivity index (χ0) is 13.0. The molecule has 1 saturated heterocycles. The summed E-state index contributed by atoms with van der Waals surface area (Å²) in [5.41, 5.74) is 2.41. The third-order valence-electron chi connectivity index (χ3n) is 3.49. The van der Waals surface area contributed by atoms with Crippen molar-refractivity contribution in [3.8, 4) is 5.75 Å². The van der Waals surface area contributed by atoms with Crippen molar-refractivity contribution in [3.05, 3.63) is 29.3 Å². The SMILES string of the molecule is Cc1ccc(C)c(OCCN2CCC[C@H](O)C2)c1. The molecule has 0 aromatic heterocycles. The largest absolute Gasteiger partial charge is 0.492 e. The summed E-state index contributed by atoms with van der Waals surface area (Å²) in [6.45, 7) is 7.59. The fourth-order valence-electron chi connectivity index (χ4n) is 2.38. The van der Waals surface area contributed by atoms with E-state index in [1.807, 2.05) is 0 Å². The molecule has 1 aliphatic rings. The molecular formula is C15H23NO2. The Morgan fingerprint density at radius 1 is 1.39 bits per heavy atom. The normalized spacial score (nSPS) is 20.9. The van der Waals surface area contributed by atoms with E-state index in [0.29, 0.717) is 6.61 Å². The van der Waals surface area contributed by atoms with Gasteiger partial charge in [0.15, 0.2) is 0 Å². The van der Waals surface area contributed by atoms with E-state index in [1.54, 1.807) is 0 Å². The standard InChI is InChI=1S/C15H23NO2/c1-12-5-6-13(2)15(10-12)18-9-8-16-7-3-4-14(17)11-16/h5-6,10,14,17H,3-4,7-9,11H2,1-2H3/t14-/m0/s1. The van der Waals surface area contributed by atoms with Crippen LogP contribution < -0.4 is 4.74 Å². The lowest BCUT2D eigenvalue weighted by Gasteiger charge is -2.29. The lowest BCUT2D eigenvalue weighted by atomic mass is 10.1. The molecule has 3 nitrogen and oxygen atoms in total. The third kappa shape index (κ3) is 3.72. The van der Waals surface area contributed by atoms with Crippen molar-refractivity contribution in [2.45, 2.75) is 32.8 Å². The molecule has 0 amide bonds. The Kier molecular flexibility index (Phi) is 4.61. The average Bonchev–Trinajstić information content (AvgIpc) is 2.34. The van der Waals surface area contributed by atoms with Gasteiger partial charge in [-0.25, -0.2) is 0 Å². The van der Waals surface area contributed by atoms with Crippen molar-refractivity contribution in [2.24, 2.45) is 0 Å². The fraction of sp³-hybridized carbons (Fsp3) is 0.600. The maximum atomic E-state index is 9.59. The van der Waals surface area contributed by atoms with Crippen molar-refractivity contribution < 1.29 is 9.84 Å². The maximum Gasteiger partial charge on any atom is 0.122 e. The van der Waals surface area contributed by atoms with E-state index >= 15 is 0 Å². The molecule has 1 fully saturated rings. The van der Waals surface area contributed by atoms with E-state index in [2.05, 4.69) is 36.9 Å². The molecular weight excluding hydrogens is 226 g/mol. The summed E-state index contributed by atoms with van der Waals surface area (Å²) >= 11 is 0. The van der Waals surface area contributed by atoms with E-state index in [-0.39, 0.29) is 6.10 Å². The summed E-state index contributed by atoms with van der Waals surface area (Å²) in [5, 5.41) is 9.59. The summed E-state index contributed by atoms with van der Waals surface area (Å²) in [5.74, 6) is 0.979. The highest BCUT2D eigenvalue weighted by Crippen LogP contribution is 2.19. The zero-order valence-electron chi connectivity index (χ0n) is 11.4. The van der Waals surface area contributed by atoms with E-state index in [4.69, 9.17) is 4.74 Å². The quantitative estimate of drug-likeness (QED) is 0.887. The number of hydrogen-bond donors (Lipinski definition) is 1. The summed E-state index contributed by atoms with van der Waals surface area (Å²) in [7, 11) is 0. The van der Waals surface area contributed by atoms with E-state index in [1.165, 1.54) is 11.1 Å². The lowest BCUT2D eigenvalue weighted by molar-refractivity contribution is 0.0632. The molecule has 0 bridgehead atoms. The van der Waals surface area contributed by atoms with Gasteiger partial charge in [0.1, 0.15) is 12.4 Å². The monoisotopic (exact) mass is 249 g/mol. The van der Waals surface area contributed by atoms with E-state index in [9.17, 15) is 5.11 Å². The van der Waals surface area contributed by atoms with Crippen molar-refractivity contribution >= 4 is 0 Å². The van der Waals surface area contributed by atoms with Gasteiger partial charge in [-0.15, -0.1) is 0 Å². The van der Waals surface area contributed by atoms with Crippen LogP contribution in [0, 0.1) is 13.8 Å². The second-order valence-corrected chi connectivity index (χ2v) is 5.21. The maximum absolute atomic E-state index is 9.59. The van der Waals surface area contributed by atoms with Crippen LogP contribution in [-0.4, -0.2) is 42.4 Å². The van der Waals surface area contributed by atoms with Crippen molar-refractivity contribution in [1.82, 2.24) is 4.90 Å². The molecule has 2 rings (SSSR count). The first-order valence-corrected chi connectivity index (χ1v) is 6.75. The number of ether oxygens (including phenoxy) is 1. The number of rotatable bonds is 4. The number of piperidine rings is 1. The number of β-amino-alcohol motifs (C(OH)–C–C–N with tert-alkyl or cyclic N) is 1. The highest BCUT2D eigenvalue weighted by atomic mass is 16.5. The number of benzene rings is 1. The van der Waals surface area contributed by atoms with Gasteiger partial charge in [-0.3, -0.25) is 4.90 Å².